The van der Waals surface area contributed by atoms with E-state index in [9.17, 15) is 4.79 Å². The summed E-state index contributed by atoms with van der Waals surface area (Å²) in [6.07, 6.45) is 1.47. The van der Waals surface area contributed by atoms with Gasteiger partial charge in [0.15, 0.2) is 5.72 Å². The number of aryl methyl sites for hydroxylation is 1. The molecule has 0 unspecified atom stereocenters. The van der Waals surface area contributed by atoms with E-state index in [4.69, 9.17) is 4.74 Å². The van der Waals surface area contributed by atoms with Gasteiger partial charge in [0.2, 0.25) is 5.91 Å². The van der Waals surface area contributed by atoms with E-state index in [2.05, 4.69) is 53.1 Å². The molecule has 4 heteroatoms. The summed E-state index contributed by atoms with van der Waals surface area (Å²) in [4.78, 5) is 17.4. The highest BCUT2D eigenvalue weighted by Crippen LogP contribution is 2.51. The predicted molar refractivity (Wildman–Crippen MR) is 99.3 cm³/mol. The Kier molecular flexibility index (Phi) is 3.66. The molecule has 3 saturated heterocycles. The van der Waals surface area contributed by atoms with E-state index in [1.165, 1.54) is 16.7 Å². The molecule has 0 N–H and O–H groups in total. The van der Waals surface area contributed by atoms with Crippen molar-refractivity contribution in [3.8, 4) is 0 Å². The van der Waals surface area contributed by atoms with Crippen LogP contribution in [0, 0.1) is 6.92 Å². The molecular formula is C22H24N2O2. The Morgan fingerprint density at radius 2 is 2.00 bits per heavy atom. The fraction of sp³-hybridized carbons (Fsp3) is 0.409. The molecule has 3 atom stereocenters. The van der Waals surface area contributed by atoms with Gasteiger partial charge in [0.1, 0.15) is 0 Å². The van der Waals surface area contributed by atoms with Gasteiger partial charge in [-0.25, -0.2) is 0 Å². The molecule has 0 radical (unpaired) electrons. The highest BCUT2D eigenvalue weighted by molar-refractivity contribution is 5.82. The molecule has 0 aromatic heterocycles. The van der Waals surface area contributed by atoms with Gasteiger partial charge in [-0.3, -0.25) is 9.69 Å². The molecular weight excluding hydrogens is 324 g/mol. The Morgan fingerprint density at radius 1 is 1.15 bits per heavy atom. The summed E-state index contributed by atoms with van der Waals surface area (Å²) in [6.45, 7) is 4.59. The molecule has 2 aromatic rings. The first-order valence-electron chi connectivity index (χ1n) is 9.48. The van der Waals surface area contributed by atoms with Crippen LogP contribution in [0.5, 0.6) is 0 Å². The van der Waals surface area contributed by atoms with Gasteiger partial charge in [0.05, 0.1) is 18.7 Å². The van der Waals surface area contributed by atoms with E-state index in [0.29, 0.717) is 13.0 Å². The van der Waals surface area contributed by atoms with Gasteiger partial charge in [0, 0.05) is 25.9 Å². The van der Waals surface area contributed by atoms with Crippen LogP contribution in [0.4, 0.5) is 0 Å². The van der Waals surface area contributed by atoms with Crippen molar-refractivity contribution in [3.63, 3.8) is 0 Å². The van der Waals surface area contributed by atoms with E-state index < -0.39 is 5.72 Å². The Hall–Kier alpha value is -2.17. The maximum Gasteiger partial charge on any atom is 0.227 e. The number of carbonyl (C=O) groups excluding carboxylic acids is 1. The van der Waals surface area contributed by atoms with Crippen molar-refractivity contribution in [2.24, 2.45) is 0 Å². The Balaban J connectivity index is 1.42. The van der Waals surface area contributed by atoms with Crippen LogP contribution in [0.1, 0.15) is 35.6 Å². The van der Waals surface area contributed by atoms with Crippen LogP contribution in [-0.2, 0) is 16.1 Å². The molecule has 0 aliphatic carbocycles. The van der Waals surface area contributed by atoms with Crippen LogP contribution >= 0.6 is 0 Å². The SMILES string of the molecule is Cc1cccc(CN2CC[C@@]34OC[C@@H](c5ccccc5)N3C(=O)C[C@@H]24)c1. The minimum atomic E-state index is -0.429. The smallest absolute Gasteiger partial charge is 0.227 e. The molecule has 4 nitrogen and oxygen atoms in total. The fourth-order valence-corrected chi connectivity index (χ4v) is 5.08. The lowest BCUT2D eigenvalue weighted by atomic mass is 10.0. The van der Waals surface area contributed by atoms with Crippen molar-refractivity contribution in [1.82, 2.24) is 9.80 Å². The number of nitrogens with zero attached hydrogens (tertiary/aromatic N) is 2. The summed E-state index contributed by atoms with van der Waals surface area (Å²) in [5.41, 5.74) is 3.34. The Labute approximate surface area is 154 Å². The molecule has 1 spiro atoms. The zero-order valence-corrected chi connectivity index (χ0v) is 15.1. The van der Waals surface area contributed by atoms with Crippen molar-refractivity contribution < 1.29 is 9.53 Å². The molecule has 26 heavy (non-hydrogen) atoms. The van der Waals surface area contributed by atoms with Crippen molar-refractivity contribution in [2.45, 2.75) is 44.1 Å². The van der Waals surface area contributed by atoms with Crippen LogP contribution < -0.4 is 0 Å². The normalized spacial score (nSPS) is 30.7. The molecule has 1 amide bonds. The average Bonchev–Trinajstić information content (AvgIpc) is 3.26. The second-order valence-corrected chi connectivity index (χ2v) is 7.78. The number of hydrogen-bond donors (Lipinski definition) is 0. The summed E-state index contributed by atoms with van der Waals surface area (Å²) >= 11 is 0. The summed E-state index contributed by atoms with van der Waals surface area (Å²) in [5, 5.41) is 0. The van der Waals surface area contributed by atoms with Crippen molar-refractivity contribution in [3.05, 3.63) is 71.3 Å². The van der Waals surface area contributed by atoms with E-state index in [-0.39, 0.29) is 18.0 Å². The van der Waals surface area contributed by atoms with Crippen molar-refractivity contribution in [1.29, 1.82) is 0 Å². The number of ether oxygens (including phenoxy) is 1. The Morgan fingerprint density at radius 3 is 2.81 bits per heavy atom. The molecule has 3 fully saturated rings. The second kappa shape index (κ2) is 5.93. The number of rotatable bonds is 3. The van der Waals surface area contributed by atoms with Crippen LogP contribution in [0.15, 0.2) is 54.6 Å². The Bertz CT molecular complexity index is 837. The van der Waals surface area contributed by atoms with Crippen LogP contribution in [0.25, 0.3) is 0 Å². The van der Waals surface area contributed by atoms with Gasteiger partial charge >= 0.3 is 0 Å². The largest absolute Gasteiger partial charge is 0.351 e. The highest BCUT2D eigenvalue weighted by atomic mass is 16.5. The molecule has 0 saturated carbocycles. The molecule has 3 aliphatic rings. The highest BCUT2D eigenvalue weighted by Gasteiger charge is 2.64. The fourth-order valence-electron chi connectivity index (χ4n) is 5.08. The number of amides is 1. The number of carbonyl (C=O) groups is 1. The summed E-state index contributed by atoms with van der Waals surface area (Å²) < 4.78 is 6.38. The van der Waals surface area contributed by atoms with Crippen LogP contribution in [0.3, 0.4) is 0 Å². The first-order chi connectivity index (χ1) is 12.7. The lowest BCUT2D eigenvalue weighted by Gasteiger charge is -2.33. The maximum atomic E-state index is 12.9. The van der Waals surface area contributed by atoms with Gasteiger partial charge in [-0.1, -0.05) is 60.2 Å². The van der Waals surface area contributed by atoms with Crippen LogP contribution in [-0.4, -0.2) is 40.6 Å². The van der Waals surface area contributed by atoms with E-state index in [1.54, 1.807) is 0 Å². The number of hydrogen-bond acceptors (Lipinski definition) is 3. The number of likely N-dealkylation sites (tertiary alicyclic amines) is 1. The molecule has 2 aromatic carbocycles. The van der Waals surface area contributed by atoms with Gasteiger partial charge in [0.25, 0.3) is 0 Å². The minimum absolute atomic E-state index is 0.0487. The second-order valence-electron chi connectivity index (χ2n) is 7.78. The molecule has 5 rings (SSSR count). The first kappa shape index (κ1) is 16.0. The quantitative estimate of drug-likeness (QED) is 0.853. The van der Waals surface area contributed by atoms with Gasteiger partial charge in [-0.15, -0.1) is 0 Å². The van der Waals surface area contributed by atoms with Gasteiger partial charge < -0.3 is 9.64 Å². The third-order valence-corrected chi connectivity index (χ3v) is 6.22. The third kappa shape index (κ3) is 2.32. The summed E-state index contributed by atoms with van der Waals surface area (Å²) in [7, 11) is 0. The topological polar surface area (TPSA) is 32.8 Å². The van der Waals surface area contributed by atoms with E-state index >= 15 is 0 Å². The molecule has 0 bridgehead atoms. The van der Waals surface area contributed by atoms with Crippen LogP contribution in [0.2, 0.25) is 0 Å². The lowest BCUT2D eigenvalue weighted by Crippen LogP contribution is -2.48. The predicted octanol–water partition coefficient (Wildman–Crippen LogP) is 3.27. The van der Waals surface area contributed by atoms with Crippen molar-refractivity contribution in [2.75, 3.05) is 13.2 Å². The zero-order chi connectivity index (χ0) is 17.7. The lowest BCUT2D eigenvalue weighted by molar-refractivity contribution is -0.138. The summed E-state index contributed by atoms with van der Waals surface area (Å²) in [6, 6.07) is 19.2. The molecule has 3 aliphatic heterocycles. The monoisotopic (exact) mass is 348 g/mol. The maximum absolute atomic E-state index is 12.9. The molecule has 3 heterocycles. The third-order valence-electron chi connectivity index (χ3n) is 6.22. The number of benzene rings is 2. The molecule has 134 valence electrons. The standard InChI is InChI=1S/C22H24N2O2/c1-16-6-5-7-17(12-16)14-23-11-10-22-20(23)13-21(25)24(22)19(15-26-22)18-8-3-2-4-9-18/h2-9,12,19-20H,10-11,13-15H2,1H3/t19-,20+,22-/m0/s1. The van der Waals surface area contributed by atoms with E-state index in [1.807, 2.05) is 18.2 Å². The minimum Gasteiger partial charge on any atom is -0.351 e. The van der Waals surface area contributed by atoms with Crippen molar-refractivity contribution >= 4 is 5.91 Å². The average molecular weight is 348 g/mol. The summed E-state index contributed by atoms with van der Waals surface area (Å²) in [5.74, 6) is 0.232. The zero-order valence-electron chi connectivity index (χ0n) is 15.1. The van der Waals surface area contributed by atoms with Gasteiger partial charge in [-0.2, -0.15) is 0 Å². The van der Waals surface area contributed by atoms with Gasteiger partial charge in [-0.05, 0) is 18.1 Å². The first-order valence-corrected chi connectivity index (χ1v) is 9.48. The van der Waals surface area contributed by atoms with E-state index in [0.717, 1.165) is 19.5 Å².